The zero-order valence-electron chi connectivity index (χ0n) is 6.76. The van der Waals surface area contributed by atoms with Crippen molar-refractivity contribution >= 4 is 17.7 Å². The van der Waals surface area contributed by atoms with Crippen molar-refractivity contribution in [2.24, 2.45) is 0 Å². The second kappa shape index (κ2) is 3.03. The monoisotopic (exact) mass is 175 g/mol. The Morgan fingerprint density at radius 2 is 2.27 bits per heavy atom. The molecule has 1 aliphatic carbocycles. The lowest BCUT2D eigenvalue weighted by Crippen LogP contribution is -2.39. The Bertz CT molecular complexity index is 168. The van der Waals surface area contributed by atoms with E-state index in [2.05, 4.69) is 5.32 Å². The maximum atomic E-state index is 11.1. The number of rotatable bonds is 3. The van der Waals surface area contributed by atoms with Gasteiger partial charge in [-0.1, -0.05) is 0 Å². The van der Waals surface area contributed by atoms with Gasteiger partial charge in [-0.3, -0.25) is 4.79 Å². The molecule has 0 bridgehead atoms. The van der Waals surface area contributed by atoms with Crippen LogP contribution in [0.25, 0.3) is 0 Å². The van der Waals surface area contributed by atoms with Crippen LogP contribution in [0.5, 0.6) is 0 Å². The minimum Gasteiger partial charge on any atom is -0.380 e. The van der Waals surface area contributed by atoms with Crippen LogP contribution in [-0.4, -0.2) is 28.2 Å². The summed E-state index contributed by atoms with van der Waals surface area (Å²) in [6, 6.07) is 0. The van der Waals surface area contributed by atoms with Gasteiger partial charge in [0.05, 0.1) is 5.37 Å². The normalized spacial score (nSPS) is 22.5. The molecule has 0 aromatic carbocycles. The quantitative estimate of drug-likeness (QED) is 0.608. The minimum atomic E-state index is -1.02. The molecule has 0 aromatic heterocycles. The molecule has 1 rings (SSSR count). The van der Waals surface area contributed by atoms with E-state index in [9.17, 15) is 9.90 Å². The SMILES string of the molecule is CSC(C)NC(=O)C1(O)CC1. The highest BCUT2D eigenvalue weighted by molar-refractivity contribution is 7.99. The Balaban J connectivity index is 2.32. The van der Waals surface area contributed by atoms with Crippen molar-refractivity contribution in [3.8, 4) is 0 Å². The van der Waals surface area contributed by atoms with Crippen LogP contribution in [0.15, 0.2) is 0 Å². The third kappa shape index (κ3) is 2.10. The molecule has 11 heavy (non-hydrogen) atoms. The topological polar surface area (TPSA) is 49.3 Å². The summed E-state index contributed by atoms with van der Waals surface area (Å²) < 4.78 is 0. The molecule has 0 aromatic rings. The maximum Gasteiger partial charge on any atom is 0.252 e. The second-order valence-corrected chi connectivity index (χ2v) is 4.06. The van der Waals surface area contributed by atoms with Crippen molar-refractivity contribution in [2.75, 3.05) is 6.26 Å². The van der Waals surface area contributed by atoms with Crippen molar-refractivity contribution in [2.45, 2.75) is 30.7 Å². The van der Waals surface area contributed by atoms with Gasteiger partial charge in [0.2, 0.25) is 0 Å². The van der Waals surface area contributed by atoms with E-state index < -0.39 is 5.60 Å². The Labute approximate surface area is 70.6 Å². The fourth-order valence-electron chi connectivity index (χ4n) is 0.723. The molecule has 1 unspecified atom stereocenters. The van der Waals surface area contributed by atoms with Gasteiger partial charge in [0.15, 0.2) is 0 Å². The first-order valence-corrected chi connectivity index (χ1v) is 4.93. The molecule has 0 heterocycles. The van der Waals surface area contributed by atoms with Crippen LogP contribution in [0.4, 0.5) is 0 Å². The number of aliphatic hydroxyl groups is 1. The van der Waals surface area contributed by atoms with Gasteiger partial charge in [0.1, 0.15) is 5.60 Å². The van der Waals surface area contributed by atoms with Gasteiger partial charge < -0.3 is 10.4 Å². The summed E-state index contributed by atoms with van der Waals surface area (Å²) in [7, 11) is 0. The standard InChI is InChI=1S/C7H13NO2S/c1-5(11-2)8-6(9)7(10)3-4-7/h5,10H,3-4H2,1-2H3,(H,8,9). The fourth-order valence-corrected chi connectivity index (χ4v) is 0.948. The lowest BCUT2D eigenvalue weighted by atomic mass is 10.3. The van der Waals surface area contributed by atoms with Gasteiger partial charge >= 0.3 is 0 Å². The molecule has 64 valence electrons. The van der Waals surface area contributed by atoms with Gasteiger partial charge in [0, 0.05) is 0 Å². The number of hydrogen-bond acceptors (Lipinski definition) is 3. The van der Waals surface area contributed by atoms with E-state index >= 15 is 0 Å². The lowest BCUT2D eigenvalue weighted by Gasteiger charge is -2.13. The van der Waals surface area contributed by atoms with Crippen LogP contribution >= 0.6 is 11.8 Å². The molecule has 4 heteroatoms. The van der Waals surface area contributed by atoms with Gasteiger partial charge in [-0.25, -0.2) is 0 Å². The summed E-state index contributed by atoms with van der Waals surface area (Å²) in [5.41, 5.74) is -1.02. The fraction of sp³-hybridized carbons (Fsp3) is 0.857. The van der Waals surface area contributed by atoms with Crippen LogP contribution in [-0.2, 0) is 4.79 Å². The van der Waals surface area contributed by atoms with Crippen molar-refractivity contribution in [1.29, 1.82) is 0 Å². The van der Waals surface area contributed by atoms with E-state index in [-0.39, 0.29) is 11.3 Å². The summed E-state index contributed by atoms with van der Waals surface area (Å²) in [4.78, 5) is 11.1. The van der Waals surface area contributed by atoms with Crippen LogP contribution in [0.1, 0.15) is 19.8 Å². The van der Waals surface area contributed by atoms with E-state index in [4.69, 9.17) is 0 Å². The molecule has 1 aliphatic rings. The molecular formula is C7H13NO2S. The Hall–Kier alpha value is -0.220. The summed E-state index contributed by atoms with van der Waals surface area (Å²) in [5.74, 6) is -0.223. The van der Waals surface area contributed by atoms with E-state index in [1.54, 1.807) is 11.8 Å². The molecule has 2 N–H and O–H groups in total. The van der Waals surface area contributed by atoms with Crippen LogP contribution in [0, 0.1) is 0 Å². The molecule has 0 spiro atoms. The van der Waals surface area contributed by atoms with Crippen molar-refractivity contribution in [3.63, 3.8) is 0 Å². The minimum absolute atomic E-state index is 0.0899. The summed E-state index contributed by atoms with van der Waals surface area (Å²) in [5, 5.41) is 12.1. The molecular weight excluding hydrogens is 162 g/mol. The number of carbonyl (C=O) groups is 1. The largest absolute Gasteiger partial charge is 0.380 e. The first-order chi connectivity index (χ1) is 5.08. The maximum absolute atomic E-state index is 11.1. The van der Waals surface area contributed by atoms with Crippen molar-refractivity contribution < 1.29 is 9.90 Å². The molecule has 0 saturated heterocycles. The number of carbonyl (C=O) groups excluding carboxylic acids is 1. The average molecular weight is 175 g/mol. The Morgan fingerprint density at radius 1 is 1.73 bits per heavy atom. The number of hydrogen-bond donors (Lipinski definition) is 2. The lowest BCUT2D eigenvalue weighted by molar-refractivity contribution is -0.131. The molecule has 1 amide bonds. The van der Waals surface area contributed by atoms with Gasteiger partial charge in [-0.05, 0) is 26.0 Å². The van der Waals surface area contributed by atoms with Crippen LogP contribution < -0.4 is 5.32 Å². The molecule has 3 nitrogen and oxygen atoms in total. The summed E-state index contributed by atoms with van der Waals surface area (Å²) in [6.07, 6.45) is 3.14. The predicted octanol–water partition coefficient (Wildman–Crippen LogP) is 0.336. The van der Waals surface area contributed by atoms with Crippen LogP contribution in [0.3, 0.4) is 0 Å². The van der Waals surface area contributed by atoms with E-state index in [0.29, 0.717) is 12.8 Å². The van der Waals surface area contributed by atoms with Gasteiger partial charge in [0.25, 0.3) is 5.91 Å². The smallest absolute Gasteiger partial charge is 0.252 e. The summed E-state index contributed by atoms with van der Waals surface area (Å²) >= 11 is 1.55. The number of thioether (sulfide) groups is 1. The number of amides is 1. The third-order valence-electron chi connectivity index (χ3n) is 1.83. The predicted molar refractivity (Wildman–Crippen MR) is 45.3 cm³/mol. The molecule has 1 fully saturated rings. The van der Waals surface area contributed by atoms with Crippen molar-refractivity contribution in [3.05, 3.63) is 0 Å². The zero-order chi connectivity index (χ0) is 8.48. The molecule has 0 radical (unpaired) electrons. The van der Waals surface area contributed by atoms with E-state index in [0.717, 1.165) is 0 Å². The van der Waals surface area contributed by atoms with E-state index in [1.165, 1.54) is 0 Å². The molecule has 1 saturated carbocycles. The first kappa shape index (κ1) is 8.87. The van der Waals surface area contributed by atoms with Crippen molar-refractivity contribution in [1.82, 2.24) is 5.32 Å². The van der Waals surface area contributed by atoms with E-state index in [1.807, 2.05) is 13.2 Å². The van der Waals surface area contributed by atoms with Gasteiger partial charge in [-0.2, -0.15) is 0 Å². The van der Waals surface area contributed by atoms with Gasteiger partial charge in [-0.15, -0.1) is 11.8 Å². The highest BCUT2D eigenvalue weighted by Crippen LogP contribution is 2.35. The highest BCUT2D eigenvalue weighted by Gasteiger charge is 2.48. The third-order valence-corrected chi connectivity index (χ3v) is 2.66. The number of nitrogens with one attached hydrogen (secondary N) is 1. The van der Waals surface area contributed by atoms with Crippen LogP contribution in [0.2, 0.25) is 0 Å². The zero-order valence-corrected chi connectivity index (χ0v) is 7.57. The Morgan fingerprint density at radius 3 is 2.64 bits per heavy atom. The molecule has 1 atom stereocenters. The second-order valence-electron chi connectivity index (χ2n) is 2.88. The summed E-state index contributed by atoms with van der Waals surface area (Å²) in [6.45, 7) is 1.90. The average Bonchev–Trinajstić information content (AvgIpc) is 2.69. The first-order valence-electron chi connectivity index (χ1n) is 3.64. The molecule has 0 aliphatic heterocycles. The highest BCUT2D eigenvalue weighted by atomic mass is 32.2. The Kier molecular flexibility index (Phi) is 2.44.